The van der Waals surface area contributed by atoms with Crippen LogP contribution in [0.15, 0.2) is 40.6 Å². The molecule has 1 saturated carbocycles. The highest BCUT2D eigenvalue weighted by Crippen LogP contribution is 2.34. The molecule has 4 rings (SSSR count). The second-order valence-electron chi connectivity index (χ2n) is 8.13. The molecule has 2 fully saturated rings. The number of carbonyl (C=O) groups is 1. The molecule has 31 heavy (non-hydrogen) atoms. The van der Waals surface area contributed by atoms with Gasteiger partial charge in [0.1, 0.15) is 0 Å². The highest BCUT2D eigenvalue weighted by molar-refractivity contribution is 7.99. The van der Waals surface area contributed by atoms with Crippen molar-refractivity contribution in [1.82, 2.24) is 25.0 Å². The number of allylic oxidation sites excluding steroid dienone is 1. The van der Waals surface area contributed by atoms with Gasteiger partial charge in [0.25, 0.3) is 0 Å². The van der Waals surface area contributed by atoms with Crippen LogP contribution >= 0.6 is 11.8 Å². The molecule has 3 heterocycles. The van der Waals surface area contributed by atoms with E-state index >= 15 is 0 Å². The number of nitrogens with one attached hydrogen (secondary N) is 1. The molecule has 9 heteroatoms. The maximum Gasteiger partial charge on any atom is 0.230 e. The van der Waals surface area contributed by atoms with Crippen LogP contribution in [0.2, 0.25) is 0 Å². The van der Waals surface area contributed by atoms with Gasteiger partial charge < -0.3 is 14.5 Å². The molecule has 1 aliphatic carbocycles. The molecule has 0 unspecified atom stereocenters. The van der Waals surface area contributed by atoms with Gasteiger partial charge in [-0.05, 0) is 25.0 Å². The smallest absolute Gasteiger partial charge is 0.230 e. The summed E-state index contributed by atoms with van der Waals surface area (Å²) in [4.78, 5) is 15.3. The van der Waals surface area contributed by atoms with Crippen LogP contribution < -0.4 is 5.32 Å². The fourth-order valence-corrected chi connectivity index (χ4v) is 5.35. The molecule has 1 saturated heterocycles. The predicted octanol–water partition coefficient (Wildman–Crippen LogP) is 2.97. The Morgan fingerprint density at radius 3 is 2.77 bits per heavy atom. The van der Waals surface area contributed by atoms with Crippen molar-refractivity contribution >= 4 is 17.7 Å². The summed E-state index contributed by atoms with van der Waals surface area (Å²) in [6.07, 6.45) is 9.41. The SMILES string of the molecule is C=CCn1c(SCC(=O)NCC2(N3CCOCC3)CCCCC2)nnc1-c1ccco1. The van der Waals surface area contributed by atoms with Crippen molar-refractivity contribution < 1.29 is 13.9 Å². The Labute approximate surface area is 187 Å². The molecule has 0 radical (unpaired) electrons. The quantitative estimate of drug-likeness (QED) is 0.469. The monoisotopic (exact) mass is 445 g/mol. The number of thioether (sulfide) groups is 1. The molecule has 168 valence electrons. The van der Waals surface area contributed by atoms with E-state index in [1.165, 1.54) is 31.0 Å². The first-order valence-electron chi connectivity index (χ1n) is 11.0. The van der Waals surface area contributed by atoms with Gasteiger partial charge in [0.05, 0.1) is 25.2 Å². The highest BCUT2D eigenvalue weighted by Gasteiger charge is 2.38. The Hall–Kier alpha value is -2.10. The van der Waals surface area contributed by atoms with Gasteiger partial charge in [-0.25, -0.2) is 0 Å². The molecule has 2 aromatic rings. The summed E-state index contributed by atoms with van der Waals surface area (Å²) in [5.74, 6) is 1.61. The lowest BCUT2D eigenvalue weighted by atomic mass is 9.79. The fourth-order valence-electron chi connectivity index (χ4n) is 4.57. The van der Waals surface area contributed by atoms with E-state index in [1.54, 1.807) is 12.3 Å². The number of nitrogens with zero attached hydrogens (tertiary/aromatic N) is 4. The van der Waals surface area contributed by atoms with Crippen LogP contribution in [0.25, 0.3) is 11.6 Å². The van der Waals surface area contributed by atoms with E-state index in [0.717, 1.165) is 39.1 Å². The Morgan fingerprint density at radius 1 is 1.26 bits per heavy atom. The minimum Gasteiger partial charge on any atom is -0.461 e. The van der Waals surface area contributed by atoms with Crippen molar-refractivity contribution in [1.29, 1.82) is 0 Å². The van der Waals surface area contributed by atoms with E-state index in [9.17, 15) is 4.79 Å². The minimum absolute atomic E-state index is 0.0240. The van der Waals surface area contributed by atoms with E-state index in [2.05, 4.69) is 27.0 Å². The first-order valence-corrected chi connectivity index (χ1v) is 12.0. The van der Waals surface area contributed by atoms with E-state index in [-0.39, 0.29) is 11.4 Å². The average molecular weight is 446 g/mol. The van der Waals surface area contributed by atoms with Gasteiger partial charge in [-0.2, -0.15) is 0 Å². The lowest BCUT2D eigenvalue weighted by Crippen LogP contribution is -2.59. The van der Waals surface area contributed by atoms with Crippen LogP contribution in [0.5, 0.6) is 0 Å². The summed E-state index contributed by atoms with van der Waals surface area (Å²) < 4.78 is 12.9. The Kier molecular flexibility index (Phi) is 7.47. The number of rotatable bonds is 9. The molecule has 0 spiro atoms. The lowest BCUT2D eigenvalue weighted by Gasteiger charge is -2.48. The van der Waals surface area contributed by atoms with E-state index in [1.807, 2.05) is 16.7 Å². The predicted molar refractivity (Wildman–Crippen MR) is 120 cm³/mol. The lowest BCUT2D eigenvalue weighted by molar-refractivity contribution is -0.119. The number of morpholine rings is 1. The number of furan rings is 1. The molecule has 1 aliphatic heterocycles. The summed E-state index contributed by atoms with van der Waals surface area (Å²) in [6, 6.07) is 3.66. The van der Waals surface area contributed by atoms with Crippen LogP contribution in [-0.2, 0) is 16.1 Å². The second kappa shape index (κ2) is 10.5. The number of hydrogen-bond donors (Lipinski definition) is 1. The molecule has 8 nitrogen and oxygen atoms in total. The van der Waals surface area contributed by atoms with Crippen molar-refractivity contribution in [3.05, 3.63) is 31.1 Å². The van der Waals surface area contributed by atoms with Gasteiger partial charge in [-0.15, -0.1) is 16.8 Å². The molecule has 0 bridgehead atoms. The molecular weight excluding hydrogens is 414 g/mol. The summed E-state index contributed by atoms with van der Waals surface area (Å²) in [5, 5.41) is 12.4. The molecule has 2 aliphatic rings. The van der Waals surface area contributed by atoms with E-state index < -0.39 is 0 Å². The largest absolute Gasteiger partial charge is 0.461 e. The van der Waals surface area contributed by atoms with E-state index in [4.69, 9.17) is 9.15 Å². The maximum absolute atomic E-state index is 12.7. The maximum atomic E-state index is 12.7. The van der Waals surface area contributed by atoms with Crippen LogP contribution in [-0.4, -0.2) is 69.7 Å². The second-order valence-corrected chi connectivity index (χ2v) is 9.08. The Bertz CT molecular complexity index is 855. The van der Waals surface area contributed by atoms with Crippen molar-refractivity contribution in [2.24, 2.45) is 0 Å². The summed E-state index contributed by atoms with van der Waals surface area (Å²) in [6.45, 7) is 8.52. The van der Waals surface area contributed by atoms with Crippen molar-refractivity contribution in [2.45, 2.75) is 49.3 Å². The molecule has 1 amide bonds. The van der Waals surface area contributed by atoms with Gasteiger partial charge in [0.2, 0.25) is 11.7 Å². The number of amides is 1. The van der Waals surface area contributed by atoms with Gasteiger partial charge in [0, 0.05) is 31.7 Å². The summed E-state index contributed by atoms with van der Waals surface area (Å²) in [5.41, 5.74) is 0.0671. The van der Waals surface area contributed by atoms with Crippen LogP contribution in [0, 0.1) is 0 Å². The van der Waals surface area contributed by atoms with Gasteiger partial charge >= 0.3 is 0 Å². The standard InChI is InChI=1S/C22H31N5O3S/c1-2-10-27-20(18-7-6-13-30-18)24-25-21(27)31-16-19(28)23-17-22(8-4-3-5-9-22)26-11-14-29-15-12-26/h2,6-7,13H,1,3-5,8-12,14-17H2,(H,23,28). The number of ether oxygens (including phenoxy) is 1. The summed E-state index contributed by atoms with van der Waals surface area (Å²) >= 11 is 1.39. The zero-order valence-electron chi connectivity index (χ0n) is 17.9. The average Bonchev–Trinajstić information content (AvgIpc) is 3.48. The molecular formula is C22H31N5O3S. The molecule has 2 aromatic heterocycles. The van der Waals surface area contributed by atoms with Crippen molar-refractivity contribution in [3.8, 4) is 11.6 Å². The Morgan fingerprint density at radius 2 is 2.06 bits per heavy atom. The van der Waals surface area contributed by atoms with Gasteiger partial charge in [-0.1, -0.05) is 37.1 Å². The van der Waals surface area contributed by atoms with Crippen LogP contribution in [0.1, 0.15) is 32.1 Å². The first kappa shape index (κ1) is 22.1. The highest BCUT2D eigenvalue weighted by atomic mass is 32.2. The van der Waals surface area contributed by atoms with Gasteiger partial charge in [0.15, 0.2) is 10.9 Å². The van der Waals surface area contributed by atoms with Crippen molar-refractivity contribution in [2.75, 3.05) is 38.6 Å². The third-order valence-electron chi connectivity index (χ3n) is 6.18. The van der Waals surface area contributed by atoms with Crippen LogP contribution in [0.4, 0.5) is 0 Å². The third-order valence-corrected chi connectivity index (χ3v) is 7.15. The Balaban J connectivity index is 1.36. The normalized spacial score (nSPS) is 19.2. The number of hydrogen-bond acceptors (Lipinski definition) is 7. The van der Waals surface area contributed by atoms with E-state index in [0.29, 0.717) is 35.6 Å². The zero-order chi connectivity index (χ0) is 21.5. The fraction of sp³-hybridized carbons (Fsp3) is 0.591. The summed E-state index contributed by atoms with van der Waals surface area (Å²) in [7, 11) is 0. The molecule has 1 N–H and O–H groups in total. The molecule has 0 atom stereocenters. The number of aromatic nitrogens is 3. The van der Waals surface area contributed by atoms with Gasteiger partial charge in [-0.3, -0.25) is 14.3 Å². The zero-order valence-corrected chi connectivity index (χ0v) is 18.7. The first-order chi connectivity index (χ1) is 15.2. The number of carbonyl (C=O) groups excluding carboxylic acids is 1. The van der Waals surface area contributed by atoms with Crippen LogP contribution in [0.3, 0.4) is 0 Å². The third kappa shape index (κ3) is 5.22. The minimum atomic E-state index is 0.0240. The van der Waals surface area contributed by atoms with Crippen molar-refractivity contribution in [3.63, 3.8) is 0 Å². The topological polar surface area (TPSA) is 85.4 Å². The molecule has 0 aromatic carbocycles.